The number of thiophene rings is 1. The van der Waals surface area contributed by atoms with E-state index in [4.69, 9.17) is 4.98 Å². The minimum atomic E-state index is -1.41. The number of aliphatic hydroxyl groups is 1. The normalized spacial score (nSPS) is 13.7. The average Bonchev–Trinajstić information content (AvgIpc) is 3.67. The van der Waals surface area contributed by atoms with Crippen molar-refractivity contribution in [1.82, 2.24) is 4.98 Å². The third-order valence-corrected chi connectivity index (χ3v) is 15.1. The molecule has 4 aromatic carbocycles. The van der Waals surface area contributed by atoms with Crippen LogP contribution in [0.4, 0.5) is 0 Å². The summed E-state index contributed by atoms with van der Waals surface area (Å²) < 4.78 is 2.53. The van der Waals surface area contributed by atoms with E-state index in [9.17, 15) is 9.90 Å². The number of pyridine rings is 1. The number of aliphatic hydroxyl groups excluding tert-OH is 1. The Bertz CT molecular complexity index is 2350. The van der Waals surface area contributed by atoms with Gasteiger partial charge in [-0.1, -0.05) is 127 Å². The standard InChI is InChI=1S/C35H30NSSi.C13H24O2.Ir/c1-35(2,3)30-20-26(19-24-8-6-7-9-27(24)30)33-34-29(14-16-36-33)28-12-10-23(21-31(28)37-34)22-11-13-32-25(18-22)15-17-38(32,4)5;1-5-10(6-2)12(14)9-13(15)11(7-3)8-4;/h6-18,20-21H,1-5H3;9-11,14H,5-8H2,1-4H3;/q-1;;/b;12-9-;. The van der Waals surface area contributed by atoms with Gasteiger partial charge in [0, 0.05) is 59.3 Å². The Hall–Kier alpha value is -3.67. The van der Waals surface area contributed by atoms with Gasteiger partial charge in [-0.15, -0.1) is 40.5 Å². The summed E-state index contributed by atoms with van der Waals surface area (Å²) in [6, 6.07) is 30.7. The van der Waals surface area contributed by atoms with Crippen molar-refractivity contribution in [3.63, 3.8) is 0 Å². The molecule has 2 aromatic heterocycles. The summed E-state index contributed by atoms with van der Waals surface area (Å²) in [7, 11) is -1.41. The molecular formula is C48H54IrNO2SSi-. The van der Waals surface area contributed by atoms with Crippen LogP contribution in [-0.2, 0) is 30.3 Å². The fraction of sp³-hybridized carbons (Fsp3) is 0.333. The molecule has 1 aliphatic rings. The van der Waals surface area contributed by atoms with Crippen molar-refractivity contribution < 1.29 is 30.0 Å². The quantitative estimate of drug-likeness (QED) is 0.0680. The van der Waals surface area contributed by atoms with Crippen molar-refractivity contribution in [1.29, 1.82) is 0 Å². The van der Waals surface area contributed by atoms with Gasteiger partial charge in [0.15, 0.2) is 5.78 Å². The topological polar surface area (TPSA) is 50.2 Å². The van der Waals surface area contributed by atoms with E-state index in [0.29, 0.717) is 0 Å². The SMILES string of the molecule is CC(C)(C)c1cc(-c2nccc3c2sc2cc(-c4ccc5c(c4)C=C[Si]5(C)C)ccc23)[c-]c2ccccc12.CCC(CC)C(=O)/C=C(\O)C(CC)CC.[Ir]. The van der Waals surface area contributed by atoms with Crippen molar-refractivity contribution in [2.24, 2.45) is 11.8 Å². The number of hydrogen-bond acceptors (Lipinski definition) is 4. The fourth-order valence-corrected chi connectivity index (χ4v) is 11.1. The van der Waals surface area contributed by atoms with E-state index in [2.05, 4.69) is 125 Å². The third kappa shape index (κ3) is 8.43. The number of fused-ring (bicyclic) bond motifs is 5. The van der Waals surface area contributed by atoms with Gasteiger partial charge in [0.2, 0.25) is 0 Å². The molecule has 3 nitrogen and oxygen atoms in total. The van der Waals surface area contributed by atoms with Gasteiger partial charge in [-0.2, -0.15) is 0 Å². The first-order chi connectivity index (χ1) is 25.3. The smallest absolute Gasteiger partial charge is 0.162 e. The maximum Gasteiger partial charge on any atom is 0.162 e. The van der Waals surface area contributed by atoms with Crippen LogP contribution >= 0.6 is 11.3 Å². The Labute approximate surface area is 341 Å². The zero-order valence-electron chi connectivity index (χ0n) is 33.3. The number of allylic oxidation sites excluding steroid dienone is 2. The van der Waals surface area contributed by atoms with Crippen LogP contribution in [0.25, 0.3) is 59.4 Å². The summed E-state index contributed by atoms with van der Waals surface area (Å²) in [5.74, 6) is 0.547. The zero-order valence-corrected chi connectivity index (χ0v) is 37.5. The number of aromatic nitrogens is 1. The number of benzene rings is 4. The first kappa shape index (κ1) is 41.5. The Kier molecular flexibility index (Phi) is 13.1. The Morgan fingerprint density at radius 1 is 0.852 bits per heavy atom. The Morgan fingerprint density at radius 2 is 1.52 bits per heavy atom. The minimum Gasteiger partial charge on any atom is -0.512 e. The number of rotatable bonds is 9. The molecule has 3 heterocycles. The second kappa shape index (κ2) is 17.0. The molecule has 0 saturated heterocycles. The molecule has 1 radical (unpaired) electrons. The van der Waals surface area contributed by atoms with Gasteiger partial charge in [0.1, 0.15) is 8.07 Å². The Balaban J connectivity index is 0.000000301. The molecule has 6 aromatic rings. The fourth-order valence-electron chi connectivity index (χ4n) is 7.69. The average molecular weight is 929 g/mol. The zero-order chi connectivity index (χ0) is 38.1. The molecular weight excluding hydrogens is 875 g/mol. The van der Waals surface area contributed by atoms with E-state index < -0.39 is 8.07 Å². The minimum absolute atomic E-state index is 0. The van der Waals surface area contributed by atoms with Crippen molar-refractivity contribution in [3.05, 3.63) is 114 Å². The van der Waals surface area contributed by atoms with E-state index in [1.165, 1.54) is 53.9 Å². The Morgan fingerprint density at radius 3 is 2.20 bits per heavy atom. The summed E-state index contributed by atoms with van der Waals surface area (Å²) in [5.41, 5.74) is 9.85. The van der Waals surface area contributed by atoms with Crippen LogP contribution in [0, 0.1) is 17.9 Å². The molecule has 0 amide bonds. The van der Waals surface area contributed by atoms with Crippen LogP contribution < -0.4 is 5.19 Å². The monoisotopic (exact) mass is 929 g/mol. The van der Waals surface area contributed by atoms with Gasteiger partial charge in [0.25, 0.3) is 0 Å². The number of ketones is 1. The van der Waals surface area contributed by atoms with Crippen LogP contribution in [0.2, 0.25) is 13.1 Å². The molecule has 0 unspecified atom stereocenters. The second-order valence-electron chi connectivity index (χ2n) is 16.1. The predicted molar refractivity (Wildman–Crippen MR) is 233 cm³/mol. The number of carbonyl (C=O) groups is 1. The molecule has 0 fully saturated rings. The van der Waals surface area contributed by atoms with Gasteiger partial charge >= 0.3 is 0 Å². The summed E-state index contributed by atoms with van der Waals surface area (Å²) >= 11 is 1.85. The van der Waals surface area contributed by atoms with Gasteiger partial charge in [0.05, 0.1) is 5.76 Å². The molecule has 0 saturated carbocycles. The second-order valence-corrected chi connectivity index (χ2v) is 21.5. The summed E-state index contributed by atoms with van der Waals surface area (Å²) in [6.07, 6.45) is 9.19. The van der Waals surface area contributed by atoms with Crippen molar-refractivity contribution >= 4 is 67.4 Å². The van der Waals surface area contributed by atoms with Gasteiger partial charge in [-0.3, -0.25) is 9.78 Å². The number of nitrogens with zero attached hydrogens (tertiary/aromatic N) is 1. The molecule has 0 atom stereocenters. The van der Waals surface area contributed by atoms with Crippen LogP contribution in [0.3, 0.4) is 0 Å². The predicted octanol–water partition coefficient (Wildman–Crippen LogP) is 13.4. The largest absolute Gasteiger partial charge is 0.512 e. The molecule has 7 rings (SSSR count). The maximum absolute atomic E-state index is 11.7. The maximum atomic E-state index is 11.7. The van der Waals surface area contributed by atoms with Crippen LogP contribution in [-0.4, -0.2) is 23.9 Å². The molecule has 54 heavy (non-hydrogen) atoms. The van der Waals surface area contributed by atoms with E-state index in [1.54, 1.807) is 5.19 Å². The first-order valence-electron chi connectivity index (χ1n) is 19.3. The van der Waals surface area contributed by atoms with Crippen LogP contribution in [0.5, 0.6) is 0 Å². The molecule has 0 aliphatic carbocycles. The summed E-state index contributed by atoms with van der Waals surface area (Å²) in [5, 5.41) is 16.3. The third-order valence-electron chi connectivity index (χ3n) is 11.1. The van der Waals surface area contributed by atoms with Crippen molar-refractivity contribution in [3.8, 4) is 22.4 Å². The van der Waals surface area contributed by atoms with Gasteiger partial charge in [-0.25, -0.2) is 0 Å². The van der Waals surface area contributed by atoms with E-state index in [-0.39, 0.29) is 48.9 Å². The molecule has 1 N–H and O–H groups in total. The van der Waals surface area contributed by atoms with Gasteiger partial charge in [-0.05, 0) is 81.9 Å². The number of hydrogen-bond donors (Lipinski definition) is 1. The molecule has 1 aliphatic heterocycles. The first-order valence-corrected chi connectivity index (χ1v) is 23.2. The van der Waals surface area contributed by atoms with Crippen LogP contribution in [0.15, 0.2) is 96.5 Å². The number of carbonyl (C=O) groups excluding carboxylic acids is 1. The summed E-state index contributed by atoms with van der Waals surface area (Å²) in [4.78, 5) is 16.6. The van der Waals surface area contributed by atoms with Crippen molar-refractivity contribution in [2.45, 2.75) is 92.7 Å². The van der Waals surface area contributed by atoms with E-state index in [1.807, 2.05) is 45.2 Å². The molecule has 0 bridgehead atoms. The molecule has 283 valence electrons. The molecule has 6 heteroatoms. The van der Waals surface area contributed by atoms with Gasteiger partial charge < -0.3 is 5.11 Å². The van der Waals surface area contributed by atoms with Crippen molar-refractivity contribution in [2.75, 3.05) is 0 Å². The molecule has 0 spiro atoms. The van der Waals surface area contributed by atoms with E-state index >= 15 is 0 Å². The summed E-state index contributed by atoms with van der Waals surface area (Å²) in [6.45, 7) is 19.8. The van der Waals surface area contributed by atoms with Crippen LogP contribution in [0.1, 0.15) is 85.3 Å². The van der Waals surface area contributed by atoms with E-state index in [0.717, 1.165) is 42.3 Å².